The van der Waals surface area contributed by atoms with Gasteiger partial charge in [0.15, 0.2) is 0 Å². The zero-order valence-corrected chi connectivity index (χ0v) is 20.0. The lowest BCUT2D eigenvalue weighted by Crippen LogP contribution is -2.08. The molecule has 0 radical (unpaired) electrons. The Bertz CT molecular complexity index is 1540. The number of thiophene rings is 1. The molecule has 0 unspecified atom stereocenters. The number of aromatic nitrogens is 1. The van der Waals surface area contributed by atoms with Crippen LogP contribution in [-0.4, -0.2) is 4.98 Å². The highest BCUT2D eigenvalue weighted by Gasteiger charge is 2.17. The van der Waals surface area contributed by atoms with Crippen LogP contribution < -0.4 is 0 Å². The van der Waals surface area contributed by atoms with Crippen LogP contribution >= 0.6 is 11.3 Å². The Balaban J connectivity index is 1.79. The number of fused-ring (bicyclic) bond motifs is 4. The highest BCUT2D eigenvalue weighted by atomic mass is 32.1. The molecule has 0 N–H and O–H groups in total. The van der Waals surface area contributed by atoms with Gasteiger partial charge in [0, 0.05) is 27.2 Å². The fourth-order valence-corrected chi connectivity index (χ4v) is 5.97. The van der Waals surface area contributed by atoms with E-state index in [1.807, 2.05) is 0 Å². The van der Waals surface area contributed by atoms with Crippen molar-refractivity contribution in [1.29, 1.82) is 5.26 Å². The van der Waals surface area contributed by atoms with Crippen LogP contribution in [0.15, 0.2) is 54.7 Å². The third-order valence-corrected chi connectivity index (χ3v) is 7.03. The van der Waals surface area contributed by atoms with E-state index in [2.05, 4.69) is 89.2 Å². The predicted molar refractivity (Wildman–Crippen MR) is 137 cm³/mol. The van der Waals surface area contributed by atoms with Crippen LogP contribution in [-0.2, 0) is 6.42 Å². The molecule has 2 heterocycles. The molecule has 0 aliphatic rings. The van der Waals surface area contributed by atoms with Gasteiger partial charge in [-0.25, -0.2) is 0 Å². The lowest BCUT2D eigenvalue weighted by atomic mass is 9.87. The lowest BCUT2D eigenvalue weighted by molar-refractivity contribution is 0.411. The molecule has 0 saturated heterocycles. The number of hydrogen-bond donors (Lipinski definition) is 0. The Hall–Kier alpha value is -3.22. The molecule has 2 aromatic heterocycles. The first-order valence-electron chi connectivity index (χ1n) is 11.0. The van der Waals surface area contributed by atoms with E-state index in [0.717, 1.165) is 33.2 Å². The SMILES string of the molecule is Cc1cc(C)cc(-c2ncc(C#N)c3c2sc2cc4cc(CC(C)(C)C)ccc4cc23)c1. The average Bonchev–Trinajstić information content (AvgIpc) is 3.07. The van der Waals surface area contributed by atoms with E-state index in [1.54, 1.807) is 17.5 Å². The quantitative estimate of drug-likeness (QED) is 0.280. The molecule has 0 bridgehead atoms. The second-order valence-corrected chi connectivity index (χ2v) is 11.1. The minimum atomic E-state index is 0.254. The number of rotatable bonds is 2. The summed E-state index contributed by atoms with van der Waals surface area (Å²) in [4.78, 5) is 4.74. The largest absolute Gasteiger partial charge is 0.253 e. The Morgan fingerprint density at radius 2 is 1.69 bits per heavy atom. The Labute approximate surface area is 193 Å². The van der Waals surface area contributed by atoms with Crippen molar-refractivity contribution in [3.8, 4) is 17.3 Å². The van der Waals surface area contributed by atoms with Crippen LogP contribution in [0, 0.1) is 30.6 Å². The van der Waals surface area contributed by atoms with E-state index in [-0.39, 0.29) is 5.41 Å². The van der Waals surface area contributed by atoms with Gasteiger partial charge in [-0.15, -0.1) is 11.3 Å². The van der Waals surface area contributed by atoms with Gasteiger partial charge in [-0.2, -0.15) is 5.26 Å². The van der Waals surface area contributed by atoms with Gasteiger partial charge in [0.2, 0.25) is 0 Å². The summed E-state index contributed by atoms with van der Waals surface area (Å²) in [6.45, 7) is 11.1. The average molecular weight is 435 g/mol. The Morgan fingerprint density at radius 3 is 2.38 bits per heavy atom. The van der Waals surface area contributed by atoms with Crippen LogP contribution in [0.2, 0.25) is 0 Å². The number of benzene rings is 3. The van der Waals surface area contributed by atoms with Crippen LogP contribution in [0.25, 0.3) is 42.2 Å². The smallest absolute Gasteiger partial charge is 0.101 e. The monoisotopic (exact) mass is 434 g/mol. The first-order valence-corrected chi connectivity index (χ1v) is 11.8. The van der Waals surface area contributed by atoms with E-state index in [9.17, 15) is 5.26 Å². The van der Waals surface area contributed by atoms with Gasteiger partial charge in [-0.1, -0.05) is 56.2 Å². The number of hydrogen-bond acceptors (Lipinski definition) is 3. The van der Waals surface area contributed by atoms with Crippen molar-refractivity contribution in [2.75, 3.05) is 0 Å². The Kier molecular flexibility index (Phi) is 4.80. The van der Waals surface area contributed by atoms with Crippen molar-refractivity contribution < 1.29 is 0 Å². The molecular formula is C29H26N2S. The van der Waals surface area contributed by atoms with Crippen LogP contribution in [0.3, 0.4) is 0 Å². The van der Waals surface area contributed by atoms with E-state index < -0.39 is 0 Å². The van der Waals surface area contributed by atoms with Gasteiger partial charge in [0.05, 0.1) is 16.0 Å². The predicted octanol–water partition coefficient (Wildman–Crippen LogP) is 8.35. The van der Waals surface area contributed by atoms with E-state index >= 15 is 0 Å². The molecule has 5 aromatic rings. The molecule has 0 amide bonds. The molecule has 0 aliphatic heterocycles. The van der Waals surface area contributed by atoms with Gasteiger partial charge in [-0.3, -0.25) is 4.98 Å². The molecule has 0 atom stereocenters. The summed E-state index contributed by atoms with van der Waals surface area (Å²) in [6.07, 6.45) is 2.78. The molecule has 0 saturated carbocycles. The maximum Gasteiger partial charge on any atom is 0.101 e. The minimum absolute atomic E-state index is 0.254. The van der Waals surface area contributed by atoms with Crippen molar-refractivity contribution in [3.63, 3.8) is 0 Å². The lowest BCUT2D eigenvalue weighted by Gasteiger charge is -2.18. The molecule has 5 rings (SSSR count). The zero-order valence-electron chi connectivity index (χ0n) is 19.2. The number of aryl methyl sites for hydroxylation is 2. The third-order valence-electron chi connectivity index (χ3n) is 5.87. The molecule has 0 fully saturated rings. The fraction of sp³-hybridized carbons (Fsp3) is 0.241. The molecule has 0 aliphatic carbocycles. The fourth-order valence-electron chi connectivity index (χ4n) is 4.70. The topological polar surface area (TPSA) is 36.7 Å². The minimum Gasteiger partial charge on any atom is -0.253 e. The summed E-state index contributed by atoms with van der Waals surface area (Å²) in [7, 11) is 0. The summed E-state index contributed by atoms with van der Waals surface area (Å²) < 4.78 is 2.30. The molecule has 32 heavy (non-hydrogen) atoms. The summed E-state index contributed by atoms with van der Waals surface area (Å²) in [6, 6.07) is 20.2. The molecule has 3 aromatic carbocycles. The maximum atomic E-state index is 9.84. The number of pyridine rings is 1. The normalized spacial score (nSPS) is 12.0. The van der Waals surface area contributed by atoms with Crippen LogP contribution in [0.5, 0.6) is 0 Å². The first-order chi connectivity index (χ1) is 15.2. The van der Waals surface area contributed by atoms with Gasteiger partial charge in [-0.05, 0) is 66.3 Å². The van der Waals surface area contributed by atoms with E-state index in [4.69, 9.17) is 4.98 Å². The van der Waals surface area contributed by atoms with Gasteiger partial charge >= 0.3 is 0 Å². The van der Waals surface area contributed by atoms with Crippen molar-refractivity contribution >= 4 is 42.3 Å². The van der Waals surface area contributed by atoms with Gasteiger partial charge < -0.3 is 0 Å². The standard InChI is InChI=1S/C29H26N2S/c1-17-8-18(2)10-22(9-17)27-28-26(23(15-30)16-31-27)24-12-20-7-6-19(14-29(3,4)5)11-21(20)13-25(24)32-28/h6-13,16H,14H2,1-5H3. The van der Waals surface area contributed by atoms with Crippen molar-refractivity contribution in [2.45, 2.75) is 41.0 Å². The summed E-state index contributed by atoms with van der Waals surface area (Å²) >= 11 is 1.74. The molecule has 3 heteroatoms. The molecular weight excluding hydrogens is 408 g/mol. The Morgan fingerprint density at radius 1 is 0.938 bits per heavy atom. The number of nitriles is 1. The second kappa shape index (κ2) is 7.43. The highest BCUT2D eigenvalue weighted by Crippen LogP contribution is 2.42. The summed E-state index contributed by atoms with van der Waals surface area (Å²) in [5.41, 5.74) is 6.77. The van der Waals surface area contributed by atoms with E-state index in [1.165, 1.54) is 32.2 Å². The second-order valence-electron chi connectivity index (χ2n) is 10.1. The molecule has 0 spiro atoms. The molecule has 2 nitrogen and oxygen atoms in total. The van der Waals surface area contributed by atoms with Gasteiger partial charge in [0.1, 0.15) is 6.07 Å². The first kappa shape index (κ1) is 20.7. The maximum absolute atomic E-state index is 9.84. The van der Waals surface area contributed by atoms with E-state index in [0.29, 0.717) is 5.56 Å². The molecule has 158 valence electrons. The zero-order chi connectivity index (χ0) is 22.6. The van der Waals surface area contributed by atoms with Crippen molar-refractivity contribution in [2.24, 2.45) is 5.41 Å². The summed E-state index contributed by atoms with van der Waals surface area (Å²) in [5.74, 6) is 0. The third kappa shape index (κ3) is 3.66. The van der Waals surface area contributed by atoms with Crippen molar-refractivity contribution in [1.82, 2.24) is 4.98 Å². The van der Waals surface area contributed by atoms with Crippen molar-refractivity contribution in [3.05, 3.63) is 77.0 Å². The highest BCUT2D eigenvalue weighted by molar-refractivity contribution is 7.26. The van der Waals surface area contributed by atoms with Crippen LogP contribution in [0.4, 0.5) is 0 Å². The van der Waals surface area contributed by atoms with Gasteiger partial charge in [0.25, 0.3) is 0 Å². The number of nitrogens with zero attached hydrogens (tertiary/aromatic N) is 2. The van der Waals surface area contributed by atoms with Crippen LogP contribution in [0.1, 0.15) is 43.0 Å². The summed E-state index contributed by atoms with van der Waals surface area (Å²) in [5, 5.41) is 14.5.